The van der Waals surface area contributed by atoms with Crippen molar-refractivity contribution in [1.82, 2.24) is 0 Å². The van der Waals surface area contributed by atoms with E-state index in [1.54, 1.807) is 6.92 Å². The topological polar surface area (TPSA) is 69.4 Å². The van der Waals surface area contributed by atoms with Crippen molar-refractivity contribution in [2.24, 2.45) is 5.92 Å². The molecule has 19 heavy (non-hydrogen) atoms. The lowest BCUT2D eigenvalue weighted by Gasteiger charge is -2.09. The van der Waals surface area contributed by atoms with Gasteiger partial charge in [-0.15, -0.1) is 11.8 Å². The first-order chi connectivity index (χ1) is 8.86. The van der Waals surface area contributed by atoms with Crippen molar-refractivity contribution in [1.29, 1.82) is 0 Å². The van der Waals surface area contributed by atoms with Gasteiger partial charge < -0.3 is 4.74 Å². The molecule has 0 aliphatic rings. The lowest BCUT2D eigenvalue weighted by Crippen LogP contribution is -2.15. The molecule has 1 aromatic rings. The molecule has 0 saturated carbocycles. The highest BCUT2D eigenvalue weighted by Gasteiger charge is 2.20. The molecular formula is C11H11F2NO4S. The number of hydrogen-bond acceptors (Lipinski definition) is 5. The van der Waals surface area contributed by atoms with Crippen LogP contribution in [0.2, 0.25) is 0 Å². The molecule has 0 aliphatic heterocycles. The maximum Gasteiger partial charge on any atom is 0.309 e. The second kappa shape index (κ2) is 6.46. The van der Waals surface area contributed by atoms with E-state index >= 15 is 0 Å². The second-order valence-corrected chi connectivity index (χ2v) is 4.76. The number of methoxy groups -OCH3 is 1. The van der Waals surface area contributed by atoms with Crippen LogP contribution in [0.4, 0.5) is 14.5 Å². The molecule has 0 N–H and O–H groups in total. The number of esters is 1. The summed E-state index contributed by atoms with van der Waals surface area (Å²) in [4.78, 5) is 20.3. The Morgan fingerprint density at radius 1 is 1.47 bits per heavy atom. The number of halogens is 2. The van der Waals surface area contributed by atoms with E-state index in [0.29, 0.717) is 12.1 Å². The Labute approximate surface area is 112 Å². The van der Waals surface area contributed by atoms with Crippen molar-refractivity contribution < 1.29 is 23.2 Å². The van der Waals surface area contributed by atoms with Gasteiger partial charge in [0.15, 0.2) is 0 Å². The summed E-state index contributed by atoms with van der Waals surface area (Å²) < 4.78 is 31.5. The van der Waals surface area contributed by atoms with E-state index in [1.807, 2.05) is 0 Å². The lowest BCUT2D eigenvalue weighted by atomic mass is 10.2. The van der Waals surface area contributed by atoms with E-state index in [1.165, 1.54) is 7.11 Å². The van der Waals surface area contributed by atoms with Crippen molar-refractivity contribution >= 4 is 23.4 Å². The molecule has 0 radical (unpaired) electrons. The number of nitro groups is 1. The average Bonchev–Trinajstić information content (AvgIpc) is 2.36. The summed E-state index contributed by atoms with van der Waals surface area (Å²) in [6.07, 6.45) is 0. The van der Waals surface area contributed by atoms with Crippen LogP contribution < -0.4 is 0 Å². The number of thioether (sulfide) groups is 1. The van der Waals surface area contributed by atoms with Gasteiger partial charge in [-0.1, -0.05) is 6.92 Å². The fraction of sp³-hybridized carbons (Fsp3) is 0.364. The molecule has 5 nitrogen and oxygen atoms in total. The third kappa shape index (κ3) is 3.88. The van der Waals surface area contributed by atoms with E-state index in [9.17, 15) is 23.7 Å². The quantitative estimate of drug-likeness (QED) is 0.361. The Bertz CT molecular complexity index is 486. The Hall–Kier alpha value is -1.70. The third-order valence-electron chi connectivity index (χ3n) is 2.28. The van der Waals surface area contributed by atoms with E-state index in [0.717, 1.165) is 11.8 Å². The molecule has 0 spiro atoms. The smallest absolute Gasteiger partial charge is 0.309 e. The highest BCUT2D eigenvalue weighted by atomic mass is 32.2. The van der Waals surface area contributed by atoms with Gasteiger partial charge in [-0.3, -0.25) is 14.9 Å². The van der Waals surface area contributed by atoms with Crippen LogP contribution in [0, 0.1) is 27.7 Å². The second-order valence-electron chi connectivity index (χ2n) is 3.73. The number of ether oxygens (including phenoxy) is 1. The Morgan fingerprint density at radius 2 is 2.00 bits per heavy atom. The highest BCUT2D eigenvalue weighted by molar-refractivity contribution is 7.99. The van der Waals surface area contributed by atoms with Crippen LogP contribution in [0.1, 0.15) is 6.92 Å². The first kappa shape index (κ1) is 15.4. The third-order valence-corrected chi connectivity index (χ3v) is 3.62. The zero-order valence-electron chi connectivity index (χ0n) is 10.2. The molecule has 0 bridgehead atoms. The molecule has 104 valence electrons. The van der Waals surface area contributed by atoms with Gasteiger partial charge in [0.2, 0.25) is 0 Å². The van der Waals surface area contributed by atoms with Crippen molar-refractivity contribution in [3.05, 3.63) is 33.9 Å². The van der Waals surface area contributed by atoms with Crippen LogP contribution in [0.3, 0.4) is 0 Å². The van der Waals surface area contributed by atoms with Gasteiger partial charge in [-0.05, 0) is 0 Å². The number of benzene rings is 1. The van der Waals surface area contributed by atoms with Crippen molar-refractivity contribution in [2.75, 3.05) is 12.9 Å². The SMILES string of the molecule is COC(=O)C(C)CSc1c(F)cc([N+](=O)[O-])cc1F. The zero-order valence-corrected chi connectivity index (χ0v) is 11.0. The summed E-state index contributed by atoms with van der Waals surface area (Å²) in [5.74, 6) is -2.96. The summed E-state index contributed by atoms with van der Waals surface area (Å²) in [6.45, 7) is 1.56. The minimum Gasteiger partial charge on any atom is -0.469 e. The maximum absolute atomic E-state index is 13.5. The molecule has 0 aliphatic carbocycles. The van der Waals surface area contributed by atoms with Gasteiger partial charge in [-0.25, -0.2) is 8.78 Å². The van der Waals surface area contributed by atoms with E-state index < -0.39 is 34.1 Å². The largest absolute Gasteiger partial charge is 0.469 e. The summed E-state index contributed by atoms with van der Waals surface area (Å²) in [5.41, 5.74) is -0.652. The van der Waals surface area contributed by atoms with E-state index in [-0.39, 0.29) is 10.6 Å². The molecule has 1 rings (SSSR count). The molecule has 0 amide bonds. The minimum atomic E-state index is -1.02. The van der Waals surface area contributed by atoms with Crippen molar-refractivity contribution in [2.45, 2.75) is 11.8 Å². The first-order valence-corrected chi connectivity index (χ1v) is 6.19. The summed E-state index contributed by atoms with van der Waals surface area (Å²) in [5, 5.41) is 10.4. The molecule has 1 unspecified atom stereocenters. The Kier molecular flexibility index (Phi) is 5.22. The summed E-state index contributed by atoms with van der Waals surface area (Å²) in [7, 11) is 1.22. The number of hydrogen-bond donors (Lipinski definition) is 0. The number of nitro benzene ring substituents is 1. The molecule has 1 aromatic carbocycles. The first-order valence-electron chi connectivity index (χ1n) is 5.20. The van der Waals surface area contributed by atoms with Crippen LogP contribution in [0.15, 0.2) is 17.0 Å². The van der Waals surface area contributed by atoms with Crippen molar-refractivity contribution in [3.8, 4) is 0 Å². The molecule has 0 fully saturated rings. The lowest BCUT2D eigenvalue weighted by molar-refractivity contribution is -0.385. The molecule has 0 saturated heterocycles. The van der Waals surface area contributed by atoms with Gasteiger partial charge in [0.25, 0.3) is 5.69 Å². The monoisotopic (exact) mass is 291 g/mol. The molecule has 0 aromatic heterocycles. The van der Waals surface area contributed by atoms with Crippen molar-refractivity contribution in [3.63, 3.8) is 0 Å². The zero-order chi connectivity index (χ0) is 14.6. The Morgan fingerprint density at radius 3 is 2.42 bits per heavy atom. The maximum atomic E-state index is 13.5. The normalized spacial score (nSPS) is 12.0. The standard InChI is InChI=1S/C11H11F2NO4S/c1-6(11(15)18-2)5-19-10-8(12)3-7(14(16)17)4-9(10)13/h3-4,6H,5H2,1-2H3. The van der Waals surface area contributed by atoms with E-state index in [4.69, 9.17) is 0 Å². The van der Waals surface area contributed by atoms with Crippen LogP contribution in [0.25, 0.3) is 0 Å². The number of non-ortho nitro benzene ring substituents is 1. The average molecular weight is 291 g/mol. The fourth-order valence-corrected chi connectivity index (χ4v) is 2.21. The highest BCUT2D eigenvalue weighted by Crippen LogP contribution is 2.30. The van der Waals surface area contributed by atoms with Crippen LogP contribution in [-0.2, 0) is 9.53 Å². The summed E-state index contributed by atoms with van der Waals surface area (Å²) in [6, 6.07) is 1.29. The Balaban J connectivity index is 2.85. The molecule has 8 heteroatoms. The molecule has 0 heterocycles. The number of carbonyl (C=O) groups excluding carboxylic acids is 1. The number of carbonyl (C=O) groups is 1. The number of rotatable bonds is 5. The molecule has 1 atom stereocenters. The minimum absolute atomic E-state index is 0.109. The van der Waals surface area contributed by atoms with Gasteiger partial charge >= 0.3 is 5.97 Å². The van der Waals surface area contributed by atoms with Gasteiger partial charge in [-0.2, -0.15) is 0 Å². The predicted molar refractivity (Wildman–Crippen MR) is 64.9 cm³/mol. The fourth-order valence-electron chi connectivity index (χ4n) is 1.27. The van der Waals surface area contributed by atoms with Crippen LogP contribution in [-0.4, -0.2) is 23.8 Å². The summed E-state index contributed by atoms with van der Waals surface area (Å²) >= 11 is 0.772. The van der Waals surface area contributed by atoms with Gasteiger partial charge in [0.1, 0.15) is 11.6 Å². The molecular weight excluding hydrogens is 280 g/mol. The van der Waals surface area contributed by atoms with Gasteiger partial charge in [0.05, 0.1) is 35.0 Å². The van der Waals surface area contributed by atoms with Crippen LogP contribution >= 0.6 is 11.8 Å². The van der Waals surface area contributed by atoms with Gasteiger partial charge in [0, 0.05) is 5.75 Å². The number of nitrogens with zero attached hydrogens (tertiary/aromatic N) is 1. The predicted octanol–water partition coefficient (Wildman–Crippen LogP) is 2.77. The van der Waals surface area contributed by atoms with Crippen LogP contribution in [0.5, 0.6) is 0 Å². The van der Waals surface area contributed by atoms with E-state index in [2.05, 4.69) is 4.74 Å².